The Bertz CT molecular complexity index is 1150. The number of likely N-dealkylation sites (N-methyl/N-ethyl adjacent to an activating group) is 1. The van der Waals surface area contributed by atoms with Gasteiger partial charge in [0, 0.05) is 19.0 Å². The summed E-state index contributed by atoms with van der Waals surface area (Å²) in [5.41, 5.74) is 11.0. The molecule has 0 unspecified atom stereocenters. The molecule has 3 atom stereocenters. The Morgan fingerprint density at radius 3 is 2.50 bits per heavy atom. The second kappa shape index (κ2) is 14.8. The van der Waals surface area contributed by atoms with E-state index in [4.69, 9.17) is 11.5 Å². The molecule has 16 nitrogen and oxygen atoms in total. The fraction of sp³-hybridized carbons (Fsp3) is 0.565. The zero-order chi connectivity index (χ0) is 30.0. The van der Waals surface area contributed by atoms with Crippen LogP contribution < -0.4 is 32.7 Å². The van der Waals surface area contributed by atoms with E-state index < -0.39 is 66.6 Å². The maximum absolute atomic E-state index is 13.5. The number of aromatic nitrogens is 1. The number of carbonyl (C=O) groups is 6. The molecular formula is C23H35N9O7S. The zero-order valence-corrected chi connectivity index (χ0v) is 23.2. The van der Waals surface area contributed by atoms with Crippen molar-refractivity contribution in [3.63, 3.8) is 0 Å². The van der Waals surface area contributed by atoms with E-state index >= 15 is 0 Å². The van der Waals surface area contributed by atoms with Gasteiger partial charge >= 0.3 is 5.97 Å². The van der Waals surface area contributed by atoms with E-state index in [-0.39, 0.29) is 36.4 Å². The third kappa shape index (κ3) is 9.79. The van der Waals surface area contributed by atoms with Crippen molar-refractivity contribution in [2.24, 2.45) is 22.4 Å². The highest BCUT2D eigenvalue weighted by atomic mass is 32.1. The van der Waals surface area contributed by atoms with E-state index in [1.54, 1.807) is 13.8 Å². The highest BCUT2D eigenvalue weighted by Gasteiger charge is 2.34. The number of aliphatic carboxylic acids is 1. The molecule has 2 heterocycles. The number of hydrogen-bond donors (Lipinski definition) is 7. The second-order valence-corrected chi connectivity index (χ2v) is 10.3. The Balaban J connectivity index is 2.39. The first-order chi connectivity index (χ1) is 18.8. The Hall–Kier alpha value is -4.28. The zero-order valence-electron chi connectivity index (χ0n) is 22.4. The number of guanidine groups is 1. The van der Waals surface area contributed by atoms with Gasteiger partial charge in [-0.05, 0) is 18.8 Å². The van der Waals surface area contributed by atoms with Gasteiger partial charge in [-0.15, -0.1) is 11.3 Å². The van der Waals surface area contributed by atoms with Crippen molar-refractivity contribution in [2.45, 2.75) is 57.7 Å². The van der Waals surface area contributed by atoms with Crippen LogP contribution in [0.3, 0.4) is 0 Å². The smallest absolute Gasteiger partial charge is 0.305 e. The van der Waals surface area contributed by atoms with E-state index in [0.29, 0.717) is 12.1 Å². The molecule has 1 aliphatic rings. The summed E-state index contributed by atoms with van der Waals surface area (Å²) in [5.74, 6) is -5.18. The molecule has 0 aliphatic carbocycles. The van der Waals surface area contributed by atoms with Crippen molar-refractivity contribution in [3.05, 3.63) is 11.1 Å². The van der Waals surface area contributed by atoms with Gasteiger partial charge in [-0.3, -0.25) is 33.8 Å². The van der Waals surface area contributed by atoms with Gasteiger partial charge in [0.05, 0.1) is 25.1 Å². The van der Waals surface area contributed by atoms with Crippen LogP contribution in [0, 0.1) is 5.92 Å². The van der Waals surface area contributed by atoms with Crippen LogP contribution in [-0.4, -0.2) is 94.7 Å². The number of nitrogens with two attached hydrogens (primary N) is 2. The molecule has 0 radical (unpaired) electrons. The summed E-state index contributed by atoms with van der Waals surface area (Å²) in [6.45, 7) is 3.07. The van der Waals surface area contributed by atoms with E-state index in [0.717, 1.165) is 11.3 Å². The van der Waals surface area contributed by atoms with Gasteiger partial charge in [0.25, 0.3) is 0 Å². The fourth-order valence-corrected chi connectivity index (χ4v) is 4.53. The predicted octanol–water partition coefficient (Wildman–Crippen LogP) is -2.27. The molecule has 1 aromatic rings. The molecule has 1 aliphatic heterocycles. The van der Waals surface area contributed by atoms with Crippen LogP contribution in [0.1, 0.15) is 38.8 Å². The summed E-state index contributed by atoms with van der Waals surface area (Å²) in [7, 11) is 1.41. The Morgan fingerprint density at radius 2 is 1.88 bits per heavy atom. The third-order valence-electron chi connectivity index (χ3n) is 5.87. The molecule has 0 saturated carbocycles. The molecule has 0 spiro atoms. The number of nitrogens with zero attached hydrogens (tertiary/aromatic N) is 3. The van der Waals surface area contributed by atoms with Crippen LogP contribution in [0.25, 0.3) is 0 Å². The van der Waals surface area contributed by atoms with Crippen molar-refractivity contribution in [3.8, 4) is 0 Å². The van der Waals surface area contributed by atoms with Crippen molar-refractivity contribution < 1.29 is 33.9 Å². The highest BCUT2D eigenvalue weighted by Crippen LogP contribution is 2.17. The minimum atomic E-state index is -1.47. The van der Waals surface area contributed by atoms with Crippen LogP contribution in [0.2, 0.25) is 0 Å². The number of thiazole rings is 1. The van der Waals surface area contributed by atoms with Crippen molar-refractivity contribution in [1.29, 1.82) is 0 Å². The molecule has 5 amide bonds. The van der Waals surface area contributed by atoms with Gasteiger partial charge in [0.15, 0.2) is 11.1 Å². The number of carbonyl (C=O) groups excluding carboxylic acids is 5. The van der Waals surface area contributed by atoms with Crippen LogP contribution in [0.15, 0.2) is 10.4 Å². The maximum atomic E-state index is 13.5. The predicted molar refractivity (Wildman–Crippen MR) is 145 cm³/mol. The number of aliphatic imine (C=N–C) groups is 1. The fourth-order valence-electron chi connectivity index (χ4n) is 3.82. The van der Waals surface area contributed by atoms with Crippen molar-refractivity contribution in [1.82, 2.24) is 25.8 Å². The maximum Gasteiger partial charge on any atom is 0.305 e. The van der Waals surface area contributed by atoms with Crippen molar-refractivity contribution in [2.75, 3.05) is 25.5 Å². The summed E-state index contributed by atoms with van der Waals surface area (Å²) in [6.07, 6.45) is -0.500. The minimum Gasteiger partial charge on any atom is -0.481 e. The summed E-state index contributed by atoms with van der Waals surface area (Å²) in [6, 6.07) is -3.50. The molecule has 0 saturated heterocycles. The van der Waals surface area contributed by atoms with Gasteiger partial charge in [-0.2, -0.15) is 0 Å². The van der Waals surface area contributed by atoms with E-state index in [1.807, 2.05) is 0 Å². The molecule has 1 aromatic heterocycles. The van der Waals surface area contributed by atoms with Crippen LogP contribution >= 0.6 is 11.3 Å². The van der Waals surface area contributed by atoms with Gasteiger partial charge in [0.1, 0.15) is 18.1 Å². The lowest BCUT2D eigenvalue weighted by Crippen LogP contribution is -2.57. The van der Waals surface area contributed by atoms with Crippen molar-refractivity contribution >= 4 is 57.9 Å². The lowest BCUT2D eigenvalue weighted by atomic mass is 10.0. The monoisotopic (exact) mass is 581 g/mol. The summed E-state index contributed by atoms with van der Waals surface area (Å²) in [4.78, 5) is 85.2. The molecule has 220 valence electrons. The summed E-state index contributed by atoms with van der Waals surface area (Å²) >= 11 is 1.00. The first kappa shape index (κ1) is 31.9. The Kier molecular flexibility index (Phi) is 11.8. The first-order valence-corrected chi connectivity index (χ1v) is 13.3. The number of carboxylic acids is 1. The topological polar surface area (TPSA) is 251 Å². The van der Waals surface area contributed by atoms with E-state index in [2.05, 4.69) is 31.2 Å². The third-order valence-corrected chi connectivity index (χ3v) is 6.68. The van der Waals surface area contributed by atoms with Crippen LogP contribution in [0.4, 0.5) is 5.13 Å². The lowest BCUT2D eigenvalue weighted by Gasteiger charge is -2.32. The molecule has 9 N–H and O–H groups in total. The quantitative estimate of drug-likeness (QED) is 0.103. The van der Waals surface area contributed by atoms with Gasteiger partial charge < -0.3 is 42.7 Å². The summed E-state index contributed by atoms with van der Waals surface area (Å²) in [5, 5.41) is 20.7. The summed E-state index contributed by atoms with van der Waals surface area (Å²) < 4.78 is 0. The largest absolute Gasteiger partial charge is 0.481 e. The minimum absolute atomic E-state index is 0.0895. The average molecular weight is 582 g/mol. The van der Waals surface area contributed by atoms with E-state index in [1.165, 1.54) is 17.3 Å². The molecule has 0 fully saturated rings. The van der Waals surface area contributed by atoms with Gasteiger partial charge in [0.2, 0.25) is 29.5 Å². The standard InChI is InChI=1S/C23H35N9O7S/c1-11(2)18-21(39)32(3)14(5-4-6-26-22(24)25)20(38)27-9-16(34)29-13(8-17(35)36)19(37)31-23-28-12(10-40-23)7-15(33)30-18/h10-11,13-14,18H,4-9H2,1-3H3,(H,27,38)(H,29,34)(H,30,33)(H,35,36)(H4,24,25,26)(H,28,31,37)/t13-,14-,18+/m0/s1. The van der Waals surface area contributed by atoms with Gasteiger partial charge in [-0.1, -0.05) is 13.8 Å². The first-order valence-electron chi connectivity index (χ1n) is 12.4. The second-order valence-electron chi connectivity index (χ2n) is 9.45. The Labute approximate surface area is 234 Å². The average Bonchev–Trinajstić information content (AvgIpc) is 3.29. The number of hydrogen-bond acceptors (Lipinski definition) is 9. The van der Waals surface area contributed by atoms with Crippen LogP contribution in [-0.2, 0) is 35.2 Å². The number of anilines is 1. The molecule has 0 aromatic carbocycles. The molecule has 17 heteroatoms. The van der Waals surface area contributed by atoms with E-state index in [9.17, 15) is 33.9 Å². The highest BCUT2D eigenvalue weighted by molar-refractivity contribution is 7.14. The number of rotatable bonds is 7. The Morgan fingerprint density at radius 1 is 1.18 bits per heavy atom. The number of fused-ring (bicyclic) bond motifs is 2. The lowest BCUT2D eigenvalue weighted by molar-refractivity contribution is -0.143. The van der Waals surface area contributed by atoms with Gasteiger partial charge in [-0.25, -0.2) is 4.98 Å². The molecule has 2 bridgehead atoms. The SMILES string of the molecule is CC(C)[C@H]1NC(=O)Cc2csc(n2)NC(=O)[C@H](CC(=O)O)NC(=O)CNC(=O)[C@H](CCCN=C(N)N)N(C)C1=O. The normalized spacial score (nSPS) is 21.4. The van der Waals surface area contributed by atoms with Crippen LogP contribution in [0.5, 0.6) is 0 Å². The number of nitrogens with one attached hydrogen (secondary N) is 4. The number of carboxylic acid groups (broad SMARTS) is 1. The molecule has 40 heavy (non-hydrogen) atoms. The number of amides is 5. The molecule has 2 rings (SSSR count). The molecular weight excluding hydrogens is 546 g/mol.